The Morgan fingerprint density at radius 1 is 0.941 bits per heavy atom. The van der Waals surface area contributed by atoms with Crippen LogP contribution in [0.2, 0.25) is 0 Å². The number of aromatic amines is 1. The molecule has 8 heteroatoms. The topological polar surface area (TPSA) is 106 Å². The predicted octanol–water partition coefficient (Wildman–Crippen LogP) is 4.38. The smallest absolute Gasteiger partial charge is 0.278 e. The first kappa shape index (κ1) is 21.3. The van der Waals surface area contributed by atoms with Crippen LogP contribution in [-0.4, -0.2) is 31.1 Å². The Morgan fingerprint density at radius 3 is 2.38 bits per heavy atom. The van der Waals surface area contributed by atoms with Crippen molar-refractivity contribution in [3.05, 3.63) is 101 Å². The van der Waals surface area contributed by atoms with E-state index in [1.54, 1.807) is 22.9 Å². The van der Waals surface area contributed by atoms with Crippen LogP contribution in [0.5, 0.6) is 0 Å². The van der Waals surface area contributed by atoms with Gasteiger partial charge in [-0.2, -0.15) is 5.10 Å². The zero-order valence-electron chi connectivity index (χ0n) is 18.5. The molecule has 0 unspecified atom stereocenters. The molecule has 0 atom stereocenters. The van der Waals surface area contributed by atoms with E-state index >= 15 is 0 Å². The van der Waals surface area contributed by atoms with Crippen LogP contribution in [0.25, 0.3) is 27.7 Å². The first-order chi connectivity index (χ1) is 16.7. The van der Waals surface area contributed by atoms with Crippen LogP contribution in [0.4, 0.5) is 5.69 Å². The van der Waals surface area contributed by atoms with Crippen LogP contribution in [-0.2, 0) is 6.42 Å². The lowest BCUT2D eigenvalue weighted by molar-refractivity contribution is 0.102. The van der Waals surface area contributed by atoms with E-state index in [-0.39, 0.29) is 11.5 Å². The normalized spacial score (nSPS) is 11.0. The highest BCUT2D eigenvalue weighted by atomic mass is 16.2. The number of nitrogens with one attached hydrogen (secondary N) is 2. The molecule has 0 aliphatic heterocycles. The number of para-hydroxylation sites is 1. The van der Waals surface area contributed by atoms with E-state index in [4.69, 9.17) is 0 Å². The van der Waals surface area contributed by atoms with Gasteiger partial charge in [0.25, 0.3) is 11.5 Å². The average Bonchev–Trinajstić information content (AvgIpc) is 3.30. The van der Waals surface area contributed by atoms with Gasteiger partial charge in [0.15, 0.2) is 5.69 Å². The molecule has 0 aliphatic rings. The summed E-state index contributed by atoms with van der Waals surface area (Å²) in [5, 5.41) is 19.4. The van der Waals surface area contributed by atoms with Gasteiger partial charge in [0.05, 0.1) is 22.5 Å². The fourth-order valence-electron chi connectivity index (χ4n) is 3.95. The third-order valence-corrected chi connectivity index (χ3v) is 5.58. The number of rotatable bonds is 6. The van der Waals surface area contributed by atoms with E-state index in [0.29, 0.717) is 28.9 Å². The molecule has 5 rings (SSSR count). The quantitative estimate of drug-likeness (QED) is 0.399. The van der Waals surface area contributed by atoms with Gasteiger partial charge in [-0.25, -0.2) is 9.78 Å². The Labute approximate surface area is 195 Å². The highest BCUT2D eigenvalue weighted by molar-refractivity contribution is 6.04. The van der Waals surface area contributed by atoms with Gasteiger partial charge in [-0.15, -0.1) is 5.10 Å². The number of aromatic nitrogens is 5. The van der Waals surface area contributed by atoms with Crippen molar-refractivity contribution in [3.8, 4) is 16.9 Å². The Hall–Kier alpha value is -4.59. The summed E-state index contributed by atoms with van der Waals surface area (Å²) in [4.78, 5) is 25.1. The van der Waals surface area contributed by atoms with Crippen molar-refractivity contribution < 1.29 is 4.79 Å². The largest absolute Gasteiger partial charge is 0.321 e. The summed E-state index contributed by atoms with van der Waals surface area (Å²) in [7, 11) is 0. The van der Waals surface area contributed by atoms with E-state index in [9.17, 15) is 9.59 Å². The lowest BCUT2D eigenvalue weighted by Crippen LogP contribution is -2.15. The minimum Gasteiger partial charge on any atom is -0.321 e. The number of hydrogen-bond donors (Lipinski definition) is 2. The lowest BCUT2D eigenvalue weighted by atomic mass is 10.0. The average molecular weight is 451 g/mol. The lowest BCUT2D eigenvalue weighted by Gasteiger charge is -2.09. The number of anilines is 1. The molecule has 0 radical (unpaired) electrons. The molecular formula is C26H22N6O2. The van der Waals surface area contributed by atoms with E-state index in [2.05, 4.69) is 32.7 Å². The van der Waals surface area contributed by atoms with Crippen molar-refractivity contribution >= 4 is 22.4 Å². The molecule has 34 heavy (non-hydrogen) atoms. The molecule has 0 aliphatic carbocycles. The maximum absolute atomic E-state index is 13.0. The van der Waals surface area contributed by atoms with Gasteiger partial charge in [-0.3, -0.25) is 9.59 Å². The van der Waals surface area contributed by atoms with Gasteiger partial charge >= 0.3 is 0 Å². The summed E-state index contributed by atoms with van der Waals surface area (Å²) in [6, 6.07) is 24.3. The molecule has 0 fully saturated rings. The summed E-state index contributed by atoms with van der Waals surface area (Å²) >= 11 is 0. The molecule has 2 heterocycles. The number of carbonyl (C=O) groups is 1. The molecule has 1 amide bonds. The van der Waals surface area contributed by atoms with E-state index in [1.807, 2.05) is 60.7 Å². The number of benzene rings is 3. The minimum absolute atomic E-state index is 0.227. The van der Waals surface area contributed by atoms with Gasteiger partial charge < -0.3 is 5.32 Å². The van der Waals surface area contributed by atoms with Gasteiger partial charge in [0.1, 0.15) is 0 Å². The second kappa shape index (κ2) is 9.11. The van der Waals surface area contributed by atoms with Crippen LogP contribution in [0.3, 0.4) is 0 Å². The van der Waals surface area contributed by atoms with Crippen molar-refractivity contribution in [1.29, 1.82) is 0 Å². The van der Waals surface area contributed by atoms with E-state index in [0.717, 1.165) is 28.8 Å². The second-order valence-electron chi connectivity index (χ2n) is 7.86. The third kappa shape index (κ3) is 3.97. The summed E-state index contributed by atoms with van der Waals surface area (Å²) in [5.41, 5.74) is 3.84. The Balaban J connectivity index is 1.41. The summed E-state index contributed by atoms with van der Waals surface area (Å²) in [6.45, 7) is 2.05. The van der Waals surface area contributed by atoms with E-state index in [1.165, 1.54) is 0 Å². The number of carbonyl (C=O) groups excluding carboxylic acids is 1. The predicted molar refractivity (Wildman–Crippen MR) is 131 cm³/mol. The van der Waals surface area contributed by atoms with Crippen molar-refractivity contribution in [2.45, 2.75) is 19.8 Å². The van der Waals surface area contributed by atoms with Crippen molar-refractivity contribution in [1.82, 2.24) is 25.2 Å². The van der Waals surface area contributed by atoms with Gasteiger partial charge in [0.2, 0.25) is 0 Å². The summed E-state index contributed by atoms with van der Waals surface area (Å²) in [5.74, 6) is -0.314. The Morgan fingerprint density at radius 2 is 1.65 bits per heavy atom. The molecule has 3 aromatic carbocycles. The zero-order chi connectivity index (χ0) is 23.5. The SMILES string of the molecule is CCCc1c(C(=O)Nc2ccc(-c3n[nH]c(=O)c4ccccc34)cc2)nnn1-c1ccccc1. The third-order valence-electron chi connectivity index (χ3n) is 5.58. The molecule has 0 spiro atoms. The monoisotopic (exact) mass is 450 g/mol. The van der Waals surface area contributed by atoms with Crippen LogP contribution >= 0.6 is 0 Å². The highest BCUT2D eigenvalue weighted by Crippen LogP contribution is 2.25. The molecule has 2 aromatic heterocycles. The number of H-pyrrole nitrogens is 1. The summed E-state index contributed by atoms with van der Waals surface area (Å²) < 4.78 is 1.72. The van der Waals surface area contributed by atoms with Crippen LogP contribution in [0, 0.1) is 0 Å². The molecule has 8 nitrogen and oxygen atoms in total. The molecular weight excluding hydrogens is 428 g/mol. The van der Waals surface area contributed by atoms with Gasteiger partial charge in [-0.1, -0.05) is 67.1 Å². The first-order valence-electron chi connectivity index (χ1n) is 11.0. The Bertz CT molecular complexity index is 1520. The number of fused-ring (bicyclic) bond motifs is 1. The fourth-order valence-corrected chi connectivity index (χ4v) is 3.95. The van der Waals surface area contributed by atoms with Gasteiger partial charge in [-0.05, 0) is 36.8 Å². The number of nitrogens with zero attached hydrogens (tertiary/aromatic N) is 4. The number of hydrogen-bond acceptors (Lipinski definition) is 5. The minimum atomic E-state index is -0.314. The van der Waals surface area contributed by atoms with E-state index < -0.39 is 0 Å². The van der Waals surface area contributed by atoms with Crippen molar-refractivity contribution in [2.24, 2.45) is 0 Å². The summed E-state index contributed by atoms with van der Waals surface area (Å²) in [6.07, 6.45) is 1.53. The van der Waals surface area contributed by atoms with Crippen LogP contribution in [0.1, 0.15) is 29.5 Å². The maximum atomic E-state index is 13.0. The maximum Gasteiger partial charge on any atom is 0.278 e. The zero-order valence-corrected chi connectivity index (χ0v) is 18.5. The fraction of sp³-hybridized carbons (Fsp3) is 0.115. The Kier molecular flexibility index (Phi) is 5.70. The molecule has 0 bridgehead atoms. The number of amides is 1. The second-order valence-corrected chi connectivity index (χ2v) is 7.86. The first-order valence-corrected chi connectivity index (χ1v) is 11.0. The molecule has 2 N–H and O–H groups in total. The highest BCUT2D eigenvalue weighted by Gasteiger charge is 2.20. The van der Waals surface area contributed by atoms with Crippen molar-refractivity contribution in [3.63, 3.8) is 0 Å². The molecule has 5 aromatic rings. The standard InChI is InChI=1S/C26H22N6O2/c1-2-8-22-24(29-31-32(22)19-9-4-3-5-10-19)26(34)27-18-15-13-17(14-16-18)23-20-11-6-7-12-21(20)25(33)30-28-23/h3-7,9-16H,2,8H2,1H3,(H,27,34)(H,30,33). The molecule has 0 saturated carbocycles. The molecule has 168 valence electrons. The van der Waals surface area contributed by atoms with Gasteiger partial charge in [0, 0.05) is 16.6 Å². The van der Waals surface area contributed by atoms with Crippen LogP contribution in [0.15, 0.2) is 83.7 Å². The van der Waals surface area contributed by atoms with Crippen LogP contribution < -0.4 is 10.9 Å². The molecule has 0 saturated heterocycles. The van der Waals surface area contributed by atoms with Crippen molar-refractivity contribution in [2.75, 3.05) is 5.32 Å².